The summed E-state index contributed by atoms with van der Waals surface area (Å²) in [7, 11) is 1.76. The van der Waals surface area contributed by atoms with Crippen molar-refractivity contribution in [3.63, 3.8) is 0 Å². The molecule has 0 spiro atoms. The first kappa shape index (κ1) is 15.9. The van der Waals surface area contributed by atoms with Crippen LogP contribution in [0, 0.1) is 11.3 Å². The van der Waals surface area contributed by atoms with E-state index >= 15 is 0 Å². The number of rotatable bonds is 8. The van der Waals surface area contributed by atoms with Gasteiger partial charge in [0, 0.05) is 19.7 Å². The molecule has 0 saturated carbocycles. The van der Waals surface area contributed by atoms with Crippen molar-refractivity contribution in [3.8, 4) is 0 Å². The van der Waals surface area contributed by atoms with Gasteiger partial charge in [-0.3, -0.25) is 0 Å². The zero-order chi connectivity index (χ0) is 12.6. The molecule has 0 radical (unpaired) electrons. The van der Waals surface area contributed by atoms with Gasteiger partial charge in [-0.05, 0) is 17.8 Å². The fourth-order valence-corrected chi connectivity index (χ4v) is 2.47. The van der Waals surface area contributed by atoms with Gasteiger partial charge in [0.05, 0.1) is 6.61 Å². The fraction of sp³-hybridized carbons (Fsp3) is 1.00. The van der Waals surface area contributed by atoms with Gasteiger partial charge in [0.15, 0.2) is 0 Å². The Hall–Kier alpha value is -0.0800. The summed E-state index contributed by atoms with van der Waals surface area (Å²) in [5.74, 6) is 0.779. The maximum absolute atomic E-state index is 5.12. The summed E-state index contributed by atoms with van der Waals surface area (Å²) in [5, 5.41) is 3.67. The molecule has 0 aliphatic rings. The van der Waals surface area contributed by atoms with Crippen LogP contribution in [0.25, 0.3) is 0 Å². The minimum Gasteiger partial charge on any atom is -0.383 e. The Morgan fingerprint density at radius 1 is 1.19 bits per heavy atom. The summed E-state index contributed by atoms with van der Waals surface area (Å²) in [6.45, 7) is 13.3. The average Bonchev–Trinajstić information content (AvgIpc) is 2.20. The van der Waals surface area contributed by atoms with Gasteiger partial charge in [-0.15, -0.1) is 0 Å². The Morgan fingerprint density at radius 3 is 2.19 bits per heavy atom. The molecule has 0 aliphatic heterocycles. The molecule has 0 aromatic heterocycles. The van der Waals surface area contributed by atoms with Crippen LogP contribution in [-0.2, 0) is 4.74 Å². The minimum atomic E-state index is 0.323. The Bertz CT molecular complexity index is 163. The normalized spacial score (nSPS) is 16.1. The van der Waals surface area contributed by atoms with Gasteiger partial charge in [0.2, 0.25) is 0 Å². The largest absolute Gasteiger partial charge is 0.383 e. The van der Waals surface area contributed by atoms with Gasteiger partial charge >= 0.3 is 0 Å². The van der Waals surface area contributed by atoms with Crippen molar-refractivity contribution >= 4 is 0 Å². The SMILES string of the molecule is CCCC(CC)[C@@H](NCCOC)C(C)(C)C. The van der Waals surface area contributed by atoms with Crippen molar-refractivity contribution < 1.29 is 4.74 Å². The molecule has 2 heteroatoms. The molecule has 0 aromatic carbocycles. The molecule has 98 valence electrons. The van der Waals surface area contributed by atoms with E-state index in [0.717, 1.165) is 19.1 Å². The molecule has 2 nitrogen and oxygen atoms in total. The van der Waals surface area contributed by atoms with E-state index < -0.39 is 0 Å². The summed E-state index contributed by atoms with van der Waals surface area (Å²) in [6.07, 6.45) is 3.85. The second-order valence-electron chi connectivity index (χ2n) is 5.75. The number of hydrogen-bond donors (Lipinski definition) is 1. The van der Waals surface area contributed by atoms with Gasteiger partial charge in [-0.2, -0.15) is 0 Å². The number of nitrogens with one attached hydrogen (secondary N) is 1. The molecule has 0 rings (SSSR count). The van der Waals surface area contributed by atoms with E-state index in [1.807, 2.05) is 0 Å². The van der Waals surface area contributed by atoms with Crippen LogP contribution < -0.4 is 5.32 Å². The molecule has 0 saturated heterocycles. The van der Waals surface area contributed by atoms with Crippen molar-refractivity contribution in [2.45, 2.75) is 59.9 Å². The maximum Gasteiger partial charge on any atom is 0.0587 e. The summed E-state index contributed by atoms with van der Waals surface area (Å²) in [6, 6.07) is 0.590. The highest BCUT2D eigenvalue weighted by Crippen LogP contribution is 2.29. The highest BCUT2D eigenvalue weighted by molar-refractivity contribution is 4.86. The standard InChI is InChI=1S/C14H31NO/c1-7-9-12(8-2)13(14(3,4)5)15-10-11-16-6/h12-13,15H,7-11H2,1-6H3/t12?,13-/m1/s1. The molecule has 0 aliphatic carbocycles. The topological polar surface area (TPSA) is 21.3 Å². The third-order valence-corrected chi connectivity index (χ3v) is 3.26. The average molecular weight is 229 g/mol. The second-order valence-corrected chi connectivity index (χ2v) is 5.75. The molecule has 0 aromatic rings. The molecule has 1 N–H and O–H groups in total. The van der Waals surface area contributed by atoms with E-state index in [0.29, 0.717) is 11.5 Å². The molecular formula is C14H31NO. The molecule has 16 heavy (non-hydrogen) atoms. The Balaban J connectivity index is 4.39. The van der Waals surface area contributed by atoms with Crippen LogP contribution >= 0.6 is 0 Å². The lowest BCUT2D eigenvalue weighted by atomic mass is 9.76. The van der Waals surface area contributed by atoms with E-state index in [9.17, 15) is 0 Å². The van der Waals surface area contributed by atoms with Crippen LogP contribution in [0.3, 0.4) is 0 Å². The Morgan fingerprint density at radius 2 is 1.81 bits per heavy atom. The van der Waals surface area contributed by atoms with E-state index in [2.05, 4.69) is 39.9 Å². The third kappa shape index (κ3) is 5.86. The zero-order valence-electron chi connectivity index (χ0n) is 12.1. The van der Waals surface area contributed by atoms with E-state index in [4.69, 9.17) is 4.74 Å². The Labute approximate surface area is 102 Å². The minimum absolute atomic E-state index is 0.323. The quantitative estimate of drug-likeness (QED) is 0.644. The van der Waals surface area contributed by atoms with E-state index in [1.54, 1.807) is 7.11 Å². The molecule has 0 heterocycles. The van der Waals surface area contributed by atoms with Crippen molar-refractivity contribution in [1.82, 2.24) is 5.32 Å². The van der Waals surface area contributed by atoms with E-state index in [-0.39, 0.29) is 0 Å². The smallest absolute Gasteiger partial charge is 0.0587 e. The van der Waals surface area contributed by atoms with Crippen LogP contribution in [-0.4, -0.2) is 26.3 Å². The molecule has 2 atom stereocenters. The molecule has 0 bridgehead atoms. The lowest BCUT2D eigenvalue weighted by Gasteiger charge is -2.37. The van der Waals surface area contributed by atoms with Crippen molar-refractivity contribution in [1.29, 1.82) is 0 Å². The van der Waals surface area contributed by atoms with Crippen molar-refractivity contribution in [3.05, 3.63) is 0 Å². The summed E-state index contributed by atoms with van der Waals surface area (Å²) in [4.78, 5) is 0. The first-order chi connectivity index (χ1) is 7.47. The molecule has 0 fully saturated rings. The van der Waals surface area contributed by atoms with Crippen LogP contribution in [0.15, 0.2) is 0 Å². The number of methoxy groups -OCH3 is 1. The van der Waals surface area contributed by atoms with Crippen LogP contribution in [0.5, 0.6) is 0 Å². The first-order valence-corrected chi connectivity index (χ1v) is 6.69. The molecular weight excluding hydrogens is 198 g/mol. The maximum atomic E-state index is 5.12. The number of ether oxygens (including phenoxy) is 1. The first-order valence-electron chi connectivity index (χ1n) is 6.69. The summed E-state index contributed by atoms with van der Waals surface area (Å²) < 4.78 is 5.12. The van der Waals surface area contributed by atoms with Crippen molar-refractivity contribution in [2.75, 3.05) is 20.3 Å². The van der Waals surface area contributed by atoms with E-state index in [1.165, 1.54) is 19.3 Å². The molecule has 0 amide bonds. The number of hydrogen-bond acceptors (Lipinski definition) is 2. The van der Waals surface area contributed by atoms with Gasteiger partial charge in [-0.25, -0.2) is 0 Å². The van der Waals surface area contributed by atoms with Crippen LogP contribution in [0.4, 0.5) is 0 Å². The molecule has 1 unspecified atom stereocenters. The Kier molecular flexibility index (Phi) is 8.04. The lowest BCUT2D eigenvalue weighted by Crippen LogP contribution is -2.46. The fourth-order valence-electron chi connectivity index (χ4n) is 2.47. The predicted molar refractivity (Wildman–Crippen MR) is 71.8 cm³/mol. The van der Waals surface area contributed by atoms with Crippen LogP contribution in [0.1, 0.15) is 53.9 Å². The van der Waals surface area contributed by atoms with Gasteiger partial charge in [0.1, 0.15) is 0 Å². The lowest BCUT2D eigenvalue weighted by molar-refractivity contribution is 0.149. The van der Waals surface area contributed by atoms with Crippen LogP contribution in [0.2, 0.25) is 0 Å². The predicted octanol–water partition coefficient (Wildman–Crippen LogP) is 3.46. The monoisotopic (exact) mass is 229 g/mol. The highest BCUT2D eigenvalue weighted by Gasteiger charge is 2.29. The highest BCUT2D eigenvalue weighted by atomic mass is 16.5. The second kappa shape index (κ2) is 8.08. The third-order valence-electron chi connectivity index (χ3n) is 3.26. The van der Waals surface area contributed by atoms with Gasteiger partial charge in [-0.1, -0.05) is 47.5 Å². The summed E-state index contributed by atoms with van der Waals surface area (Å²) in [5.41, 5.74) is 0.323. The summed E-state index contributed by atoms with van der Waals surface area (Å²) >= 11 is 0. The van der Waals surface area contributed by atoms with Gasteiger partial charge < -0.3 is 10.1 Å². The zero-order valence-corrected chi connectivity index (χ0v) is 12.1. The van der Waals surface area contributed by atoms with Crippen molar-refractivity contribution in [2.24, 2.45) is 11.3 Å². The van der Waals surface area contributed by atoms with Gasteiger partial charge in [0.25, 0.3) is 0 Å².